The van der Waals surface area contributed by atoms with E-state index in [0.29, 0.717) is 10.5 Å². The molecule has 0 aromatic heterocycles. The highest BCUT2D eigenvalue weighted by Gasteiger charge is 2.19. The van der Waals surface area contributed by atoms with Crippen molar-refractivity contribution in [1.29, 1.82) is 0 Å². The van der Waals surface area contributed by atoms with E-state index in [1.165, 1.54) is 0 Å². The highest BCUT2D eigenvalue weighted by molar-refractivity contribution is 7.92. The van der Waals surface area contributed by atoms with E-state index in [4.69, 9.17) is 0 Å². The second kappa shape index (κ2) is 8.25. The van der Waals surface area contributed by atoms with Crippen LogP contribution in [0.1, 0.15) is 55.4 Å². The van der Waals surface area contributed by atoms with E-state index in [0.717, 1.165) is 0 Å². The number of sulfone groups is 1. The molecule has 0 aromatic rings. The highest BCUT2D eigenvalue weighted by atomic mass is 32.2. The Kier molecular flexibility index (Phi) is 9.43. The van der Waals surface area contributed by atoms with E-state index < -0.39 is 20.6 Å². The fourth-order valence-electron chi connectivity index (χ4n) is 1.09. The summed E-state index contributed by atoms with van der Waals surface area (Å²) in [6.45, 7) is 14.7. The van der Waals surface area contributed by atoms with E-state index in [9.17, 15) is 12.6 Å². The minimum Gasteiger partial charge on any atom is -0.259 e. The number of hydrogen-bond donors (Lipinski definition) is 0. The summed E-state index contributed by atoms with van der Waals surface area (Å²) in [6.07, 6.45) is 0. The zero-order valence-corrected chi connectivity index (χ0v) is 14.0. The van der Waals surface area contributed by atoms with Crippen LogP contribution in [0.25, 0.3) is 0 Å². The van der Waals surface area contributed by atoms with Crippen LogP contribution < -0.4 is 0 Å². The third-order valence-electron chi connectivity index (χ3n) is 2.24. The molecule has 0 spiro atoms. The van der Waals surface area contributed by atoms with E-state index in [-0.39, 0.29) is 10.5 Å². The number of hydrogen-bond acceptors (Lipinski definition) is 3. The molecule has 0 aliphatic carbocycles. The Hall–Kier alpha value is 0.1000. The minimum absolute atomic E-state index is 0.238. The molecule has 5 heteroatoms. The zero-order chi connectivity index (χ0) is 14.4. The molecule has 0 aliphatic rings. The Balaban J connectivity index is 0. The van der Waals surface area contributed by atoms with Gasteiger partial charge in [-0.1, -0.05) is 27.7 Å². The predicted octanol–water partition coefficient (Wildman–Crippen LogP) is 2.77. The minimum atomic E-state index is -2.81. The van der Waals surface area contributed by atoms with Gasteiger partial charge in [0.05, 0.1) is 10.5 Å². The molecule has 0 radical (unpaired) electrons. The highest BCUT2D eigenvalue weighted by Crippen LogP contribution is 2.06. The summed E-state index contributed by atoms with van der Waals surface area (Å²) in [4.78, 5) is 0. The van der Waals surface area contributed by atoms with Crippen LogP contribution in [0, 0.1) is 0 Å². The first-order valence-electron chi connectivity index (χ1n) is 6.06. The monoisotopic (exact) mass is 284 g/mol. The van der Waals surface area contributed by atoms with Crippen molar-refractivity contribution in [2.24, 2.45) is 0 Å². The lowest BCUT2D eigenvalue weighted by Crippen LogP contribution is -2.23. The molecule has 17 heavy (non-hydrogen) atoms. The van der Waals surface area contributed by atoms with Crippen molar-refractivity contribution in [3.05, 3.63) is 0 Å². The van der Waals surface area contributed by atoms with E-state index in [1.54, 1.807) is 27.7 Å². The lowest BCUT2D eigenvalue weighted by atomic mass is 10.5. The van der Waals surface area contributed by atoms with Gasteiger partial charge in [-0.3, -0.25) is 4.21 Å². The first kappa shape index (κ1) is 19.4. The van der Waals surface area contributed by atoms with Crippen LogP contribution in [0.15, 0.2) is 0 Å². The summed E-state index contributed by atoms with van der Waals surface area (Å²) in [7, 11) is -3.44. The Morgan fingerprint density at radius 1 is 0.706 bits per heavy atom. The van der Waals surface area contributed by atoms with E-state index >= 15 is 0 Å². The van der Waals surface area contributed by atoms with Crippen molar-refractivity contribution in [2.75, 3.05) is 0 Å². The molecular weight excluding hydrogens is 256 g/mol. The van der Waals surface area contributed by atoms with Crippen LogP contribution in [-0.4, -0.2) is 33.6 Å². The lowest BCUT2D eigenvalue weighted by molar-refractivity contribution is 0.578. The molecule has 0 atom stereocenters. The zero-order valence-electron chi connectivity index (χ0n) is 12.4. The molecule has 0 aliphatic heterocycles. The van der Waals surface area contributed by atoms with Crippen LogP contribution in [0.3, 0.4) is 0 Å². The average molecular weight is 284 g/mol. The van der Waals surface area contributed by atoms with Gasteiger partial charge in [0.15, 0.2) is 9.84 Å². The van der Waals surface area contributed by atoms with Crippen LogP contribution in [0.4, 0.5) is 0 Å². The smallest absolute Gasteiger partial charge is 0.154 e. The van der Waals surface area contributed by atoms with E-state index in [2.05, 4.69) is 0 Å². The molecule has 0 fully saturated rings. The summed E-state index contributed by atoms with van der Waals surface area (Å²) in [6, 6.07) is 0. The second-order valence-electron chi connectivity index (χ2n) is 5.11. The summed E-state index contributed by atoms with van der Waals surface area (Å²) >= 11 is 0. The van der Waals surface area contributed by atoms with Crippen molar-refractivity contribution >= 4 is 20.6 Å². The molecule has 0 amide bonds. The van der Waals surface area contributed by atoms with Gasteiger partial charge in [0.2, 0.25) is 0 Å². The number of rotatable bonds is 4. The second-order valence-corrected chi connectivity index (χ2v) is 10.7. The molecule has 0 unspecified atom stereocenters. The van der Waals surface area contributed by atoms with Crippen molar-refractivity contribution in [3.8, 4) is 0 Å². The van der Waals surface area contributed by atoms with Gasteiger partial charge >= 0.3 is 0 Å². The maximum absolute atomic E-state index is 11.0. The molecule has 3 nitrogen and oxygen atoms in total. The van der Waals surface area contributed by atoms with Crippen LogP contribution in [-0.2, 0) is 20.6 Å². The van der Waals surface area contributed by atoms with E-state index in [1.807, 2.05) is 27.7 Å². The summed E-state index contributed by atoms with van der Waals surface area (Å²) in [5.74, 6) is 0. The molecule has 106 valence electrons. The van der Waals surface area contributed by atoms with Gasteiger partial charge in [-0.25, -0.2) is 8.42 Å². The molecule has 0 heterocycles. The van der Waals surface area contributed by atoms with Crippen molar-refractivity contribution in [3.63, 3.8) is 0 Å². The van der Waals surface area contributed by atoms with Gasteiger partial charge in [0.25, 0.3) is 0 Å². The Morgan fingerprint density at radius 3 is 0.941 bits per heavy atom. The van der Waals surface area contributed by atoms with Gasteiger partial charge in [-0.05, 0) is 27.7 Å². The third kappa shape index (κ3) is 7.92. The van der Waals surface area contributed by atoms with Gasteiger partial charge in [0.1, 0.15) is 0 Å². The molecule has 0 saturated heterocycles. The summed E-state index contributed by atoms with van der Waals surface area (Å²) < 4.78 is 33.0. The molecule has 0 bridgehead atoms. The standard InChI is InChI=1S/C6H14O2S.C6H14OS/c1-5(2)9(7,8)6(3)4;1-5(2)8(7)6(3)4/h5-6H,1-4H3;5-6H,1-4H3. The molecule has 0 rings (SSSR count). The van der Waals surface area contributed by atoms with Gasteiger partial charge in [0, 0.05) is 21.3 Å². The maximum atomic E-state index is 11.0. The Bertz CT molecular complexity index is 291. The quantitative estimate of drug-likeness (QED) is 0.797. The fraction of sp³-hybridized carbons (Fsp3) is 1.00. The average Bonchev–Trinajstić information content (AvgIpc) is 2.16. The van der Waals surface area contributed by atoms with Gasteiger partial charge in [-0.15, -0.1) is 0 Å². The first-order chi connectivity index (χ1) is 7.44. The van der Waals surface area contributed by atoms with Crippen molar-refractivity contribution in [2.45, 2.75) is 76.4 Å². The predicted molar refractivity (Wildman–Crippen MR) is 77.6 cm³/mol. The normalized spacial score (nSPS) is 12.5. The van der Waals surface area contributed by atoms with Crippen LogP contribution in [0.5, 0.6) is 0 Å². The summed E-state index contributed by atoms with van der Waals surface area (Å²) in [5, 5.41) is 0.153. The molecule has 0 aromatic carbocycles. The van der Waals surface area contributed by atoms with Gasteiger partial charge in [-0.2, -0.15) is 0 Å². The van der Waals surface area contributed by atoms with Crippen LogP contribution in [0.2, 0.25) is 0 Å². The SMILES string of the molecule is CC(C)S(=O)(=O)C(C)C.CC(C)S(=O)C(C)C. The summed E-state index contributed by atoms with van der Waals surface area (Å²) in [5.41, 5.74) is 0. The van der Waals surface area contributed by atoms with Gasteiger partial charge < -0.3 is 0 Å². The molecule has 0 saturated carbocycles. The van der Waals surface area contributed by atoms with Crippen molar-refractivity contribution < 1.29 is 12.6 Å². The maximum Gasteiger partial charge on any atom is 0.154 e. The molecule has 0 N–H and O–H groups in total. The fourth-order valence-corrected chi connectivity index (χ4v) is 3.27. The van der Waals surface area contributed by atoms with Crippen molar-refractivity contribution in [1.82, 2.24) is 0 Å². The lowest BCUT2D eigenvalue weighted by Gasteiger charge is -2.09. The van der Waals surface area contributed by atoms with Crippen LogP contribution >= 0.6 is 0 Å². The third-order valence-corrected chi connectivity index (χ3v) is 6.73. The largest absolute Gasteiger partial charge is 0.259 e. The molecular formula is C12H28O3S2. The first-order valence-corrected chi connectivity index (χ1v) is 8.95. The Morgan fingerprint density at radius 2 is 0.941 bits per heavy atom. The Labute approximate surface area is 110 Å². The topological polar surface area (TPSA) is 51.2 Å².